The zero-order valence-electron chi connectivity index (χ0n) is 15.8. The topological polar surface area (TPSA) is 74.5 Å². The van der Waals surface area contributed by atoms with Gasteiger partial charge >= 0.3 is 0 Å². The molecule has 1 saturated heterocycles. The summed E-state index contributed by atoms with van der Waals surface area (Å²) in [5.41, 5.74) is 2.73. The van der Waals surface area contributed by atoms with Crippen LogP contribution in [0.2, 0.25) is 0 Å². The molecule has 1 aliphatic rings. The summed E-state index contributed by atoms with van der Waals surface area (Å²) in [6.45, 7) is 6.64. The first-order chi connectivity index (χ1) is 13.7. The highest BCUT2D eigenvalue weighted by Crippen LogP contribution is 2.17. The minimum absolute atomic E-state index is 0.299. The number of aryl methyl sites for hydroxylation is 1. The van der Waals surface area contributed by atoms with Gasteiger partial charge in [0.15, 0.2) is 5.82 Å². The van der Waals surface area contributed by atoms with Gasteiger partial charge in [0.05, 0.1) is 11.9 Å². The number of rotatable bonds is 5. The van der Waals surface area contributed by atoms with Gasteiger partial charge in [-0.05, 0) is 24.6 Å². The molecule has 4 rings (SSSR count). The molecule has 7 nitrogen and oxygen atoms in total. The van der Waals surface area contributed by atoms with Crippen LogP contribution in [0, 0.1) is 6.92 Å². The summed E-state index contributed by atoms with van der Waals surface area (Å²) in [6, 6.07) is 15.9. The maximum atomic E-state index is 12.3. The van der Waals surface area contributed by atoms with E-state index in [0.29, 0.717) is 17.3 Å². The smallest absolute Gasteiger partial charge is 0.275 e. The van der Waals surface area contributed by atoms with Crippen molar-refractivity contribution in [3.05, 3.63) is 71.7 Å². The fourth-order valence-corrected chi connectivity index (χ4v) is 3.32. The molecule has 7 heteroatoms. The van der Waals surface area contributed by atoms with Crippen molar-refractivity contribution in [3.63, 3.8) is 0 Å². The van der Waals surface area contributed by atoms with Gasteiger partial charge in [0.2, 0.25) is 0 Å². The molecule has 1 amide bonds. The molecular formula is C21H23N5O2. The van der Waals surface area contributed by atoms with Crippen LogP contribution in [0.25, 0.3) is 0 Å². The lowest BCUT2D eigenvalue weighted by atomic mass is 10.2. The van der Waals surface area contributed by atoms with E-state index in [4.69, 9.17) is 4.52 Å². The van der Waals surface area contributed by atoms with Crippen LogP contribution in [0.15, 0.2) is 59.3 Å². The van der Waals surface area contributed by atoms with Crippen LogP contribution in [0.5, 0.6) is 0 Å². The molecule has 1 aromatic carbocycles. The Balaban J connectivity index is 1.31. The summed E-state index contributed by atoms with van der Waals surface area (Å²) in [4.78, 5) is 21.3. The third-order valence-electron chi connectivity index (χ3n) is 4.84. The lowest BCUT2D eigenvalue weighted by molar-refractivity contribution is 0.102. The van der Waals surface area contributed by atoms with Crippen molar-refractivity contribution in [1.82, 2.24) is 15.0 Å². The number of hydrogen-bond donors (Lipinski definition) is 1. The Morgan fingerprint density at radius 3 is 2.54 bits per heavy atom. The second-order valence-corrected chi connectivity index (χ2v) is 6.93. The molecule has 3 heterocycles. The van der Waals surface area contributed by atoms with E-state index < -0.39 is 0 Å². The van der Waals surface area contributed by atoms with E-state index in [1.54, 1.807) is 25.3 Å². The summed E-state index contributed by atoms with van der Waals surface area (Å²) < 4.78 is 4.95. The number of benzene rings is 1. The minimum atomic E-state index is -0.299. The third kappa shape index (κ3) is 4.37. The van der Waals surface area contributed by atoms with E-state index in [1.807, 2.05) is 12.1 Å². The number of carbonyl (C=O) groups is 1. The highest BCUT2D eigenvalue weighted by molar-refractivity contribution is 6.02. The SMILES string of the molecule is Cc1cc(NC(=O)c2ccc(N3CCN(Cc4ccccc4)CC3)cn2)no1. The first kappa shape index (κ1) is 18.2. The molecule has 0 aliphatic carbocycles. The summed E-state index contributed by atoms with van der Waals surface area (Å²) in [5, 5.41) is 6.44. The van der Waals surface area contributed by atoms with Gasteiger partial charge in [0.25, 0.3) is 5.91 Å². The third-order valence-corrected chi connectivity index (χ3v) is 4.84. The Kier molecular flexibility index (Phi) is 5.34. The number of anilines is 2. The Labute approximate surface area is 164 Å². The van der Waals surface area contributed by atoms with Crippen molar-refractivity contribution < 1.29 is 9.32 Å². The van der Waals surface area contributed by atoms with Gasteiger partial charge < -0.3 is 14.7 Å². The van der Waals surface area contributed by atoms with Crippen LogP contribution in [0.4, 0.5) is 11.5 Å². The summed E-state index contributed by atoms with van der Waals surface area (Å²) in [6.07, 6.45) is 1.76. The van der Waals surface area contributed by atoms with Crippen molar-refractivity contribution in [1.29, 1.82) is 0 Å². The molecule has 1 N–H and O–H groups in total. The lowest BCUT2D eigenvalue weighted by Crippen LogP contribution is -2.46. The number of amides is 1. The first-order valence-electron chi connectivity index (χ1n) is 9.39. The van der Waals surface area contributed by atoms with Crippen molar-refractivity contribution in [2.75, 3.05) is 36.4 Å². The van der Waals surface area contributed by atoms with Gasteiger partial charge in [0, 0.05) is 38.8 Å². The van der Waals surface area contributed by atoms with Crippen LogP contribution in [-0.4, -0.2) is 47.1 Å². The van der Waals surface area contributed by atoms with Gasteiger partial charge in [-0.3, -0.25) is 9.69 Å². The van der Waals surface area contributed by atoms with Gasteiger partial charge in [-0.2, -0.15) is 0 Å². The van der Waals surface area contributed by atoms with E-state index in [0.717, 1.165) is 38.4 Å². The van der Waals surface area contributed by atoms with Crippen LogP contribution in [0.1, 0.15) is 21.8 Å². The zero-order chi connectivity index (χ0) is 19.3. The average molecular weight is 377 g/mol. The van der Waals surface area contributed by atoms with E-state index in [2.05, 4.69) is 49.5 Å². The Morgan fingerprint density at radius 2 is 1.89 bits per heavy atom. The van der Waals surface area contributed by atoms with Crippen molar-refractivity contribution in [3.8, 4) is 0 Å². The standard InChI is InChI=1S/C21H23N5O2/c1-16-13-20(24-28-16)23-21(27)19-8-7-18(14-22-19)26-11-9-25(10-12-26)15-17-5-3-2-4-6-17/h2-8,13-14H,9-12,15H2,1H3,(H,23,24,27). The van der Waals surface area contributed by atoms with Gasteiger partial charge in [-0.1, -0.05) is 35.5 Å². The maximum absolute atomic E-state index is 12.3. The normalized spacial score (nSPS) is 14.8. The molecule has 0 atom stereocenters. The predicted molar refractivity (Wildman–Crippen MR) is 107 cm³/mol. The average Bonchev–Trinajstić information content (AvgIpc) is 3.14. The number of carbonyl (C=O) groups excluding carboxylic acids is 1. The van der Waals surface area contributed by atoms with Gasteiger partial charge in [0.1, 0.15) is 11.5 Å². The molecule has 3 aromatic rings. The lowest BCUT2D eigenvalue weighted by Gasteiger charge is -2.36. The molecule has 144 valence electrons. The Hall–Kier alpha value is -3.19. The molecule has 28 heavy (non-hydrogen) atoms. The molecular weight excluding hydrogens is 354 g/mol. The van der Waals surface area contributed by atoms with E-state index in [1.165, 1.54) is 5.56 Å². The summed E-state index contributed by atoms with van der Waals surface area (Å²) in [7, 11) is 0. The van der Waals surface area contributed by atoms with Crippen molar-refractivity contribution in [2.45, 2.75) is 13.5 Å². The summed E-state index contributed by atoms with van der Waals surface area (Å²) >= 11 is 0. The van der Waals surface area contributed by atoms with Gasteiger partial charge in [-0.15, -0.1) is 0 Å². The van der Waals surface area contributed by atoms with Crippen LogP contribution in [-0.2, 0) is 6.54 Å². The van der Waals surface area contributed by atoms with Crippen LogP contribution >= 0.6 is 0 Å². The second-order valence-electron chi connectivity index (χ2n) is 6.93. The zero-order valence-corrected chi connectivity index (χ0v) is 15.8. The molecule has 1 fully saturated rings. The monoisotopic (exact) mass is 377 g/mol. The van der Waals surface area contributed by atoms with Gasteiger partial charge in [-0.25, -0.2) is 4.98 Å². The fourth-order valence-electron chi connectivity index (χ4n) is 3.32. The molecule has 0 radical (unpaired) electrons. The molecule has 0 spiro atoms. The number of piperazine rings is 1. The highest BCUT2D eigenvalue weighted by atomic mass is 16.5. The van der Waals surface area contributed by atoms with E-state index in [-0.39, 0.29) is 5.91 Å². The maximum Gasteiger partial charge on any atom is 0.275 e. The first-order valence-corrected chi connectivity index (χ1v) is 9.39. The highest BCUT2D eigenvalue weighted by Gasteiger charge is 2.18. The van der Waals surface area contributed by atoms with Crippen LogP contribution < -0.4 is 10.2 Å². The number of nitrogens with zero attached hydrogens (tertiary/aromatic N) is 4. The number of aromatic nitrogens is 2. The molecule has 0 unspecified atom stereocenters. The number of pyridine rings is 1. The van der Waals surface area contributed by atoms with Crippen molar-refractivity contribution >= 4 is 17.4 Å². The molecule has 1 aliphatic heterocycles. The Morgan fingerprint density at radius 1 is 1.11 bits per heavy atom. The van der Waals surface area contributed by atoms with Crippen molar-refractivity contribution in [2.24, 2.45) is 0 Å². The molecule has 0 bridgehead atoms. The number of nitrogens with one attached hydrogen (secondary N) is 1. The largest absolute Gasteiger partial charge is 0.368 e. The summed E-state index contributed by atoms with van der Waals surface area (Å²) in [5.74, 6) is 0.737. The quantitative estimate of drug-likeness (QED) is 0.737. The molecule has 2 aromatic heterocycles. The second kappa shape index (κ2) is 8.22. The number of hydrogen-bond acceptors (Lipinski definition) is 6. The minimum Gasteiger partial charge on any atom is -0.368 e. The van der Waals surface area contributed by atoms with Crippen LogP contribution in [0.3, 0.4) is 0 Å². The molecule has 0 saturated carbocycles. The predicted octanol–water partition coefficient (Wildman–Crippen LogP) is 2.95. The van der Waals surface area contributed by atoms with E-state index in [9.17, 15) is 4.79 Å². The van der Waals surface area contributed by atoms with E-state index >= 15 is 0 Å². The Bertz CT molecular complexity index is 915. The fraction of sp³-hybridized carbons (Fsp3) is 0.286.